The summed E-state index contributed by atoms with van der Waals surface area (Å²) >= 11 is 0. The summed E-state index contributed by atoms with van der Waals surface area (Å²) in [4.78, 5) is 3.18. The van der Waals surface area contributed by atoms with E-state index in [9.17, 15) is 13.2 Å². The summed E-state index contributed by atoms with van der Waals surface area (Å²) in [5.41, 5.74) is -0.448. The lowest BCUT2D eigenvalue weighted by atomic mass is 10.1. The van der Waals surface area contributed by atoms with Gasteiger partial charge in [0.2, 0.25) is 0 Å². The molecule has 0 amide bonds. The quantitative estimate of drug-likeness (QED) is 0.734. The van der Waals surface area contributed by atoms with E-state index in [1.807, 2.05) is 0 Å². The van der Waals surface area contributed by atoms with Crippen molar-refractivity contribution in [3.05, 3.63) is 35.3 Å². The van der Waals surface area contributed by atoms with Gasteiger partial charge in [-0.25, -0.2) is 9.53 Å². The molecule has 1 aliphatic heterocycles. The van der Waals surface area contributed by atoms with Crippen LogP contribution in [0.4, 0.5) is 18.9 Å². The first-order valence-corrected chi connectivity index (χ1v) is 6.59. The van der Waals surface area contributed by atoms with Crippen molar-refractivity contribution < 1.29 is 17.9 Å². The minimum absolute atomic E-state index is 0.0508. The van der Waals surface area contributed by atoms with Crippen LogP contribution in [0.5, 0.6) is 0 Å². The third-order valence-corrected chi connectivity index (χ3v) is 3.52. The molecule has 3 rings (SSSR count). The van der Waals surface area contributed by atoms with Crippen molar-refractivity contribution >= 4 is 16.6 Å². The molecule has 0 bridgehead atoms. The van der Waals surface area contributed by atoms with Crippen LogP contribution < -0.4 is 0 Å². The Hall–Kier alpha value is -2.07. The Morgan fingerprint density at radius 3 is 2.76 bits per heavy atom. The number of benzene rings is 1. The Morgan fingerprint density at radius 2 is 2.14 bits per heavy atom. The van der Waals surface area contributed by atoms with Crippen LogP contribution >= 0.6 is 0 Å². The fraction of sp³-hybridized carbons (Fsp3) is 0.429. The van der Waals surface area contributed by atoms with E-state index in [1.54, 1.807) is 0 Å². The number of fused-ring (bicyclic) bond motifs is 1. The van der Waals surface area contributed by atoms with Gasteiger partial charge in [-0.05, 0) is 31.4 Å². The van der Waals surface area contributed by atoms with Crippen molar-refractivity contribution in [3.63, 3.8) is 0 Å². The Balaban J connectivity index is 2.19. The highest BCUT2D eigenvalue weighted by Crippen LogP contribution is 2.37. The van der Waals surface area contributed by atoms with Crippen molar-refractivity contribution in [2.45, 2.75) is 31.7 Å². The van der Waals surface area contributed by atoms with Crippen LogP contribution in [-0.4, -0.2) is 16.4 Å². The molecule has 21 heavy (non-hydrogen) atoms. The first-order chi connectivity index (χ1) is 10.0. The van der Waals surface area contributed by atoms with Crippen LogP contribution in [0.15, 0.2) is 18.2 Å². The van der Waals surface area contributed by atoms with Gasteiger partial charge in [-0.2, -0.15) is 18.3 Å². The lowest BCUT2D eigenvalue weighted by molar-refractivity contribution is -0.141. The van der Waals surface area contributed by atoms with E-state index in [0.29, 0.717) is 18.5 Å². The fourth-order valence-corrected chi connectivity index (χ4v) is 2.54. The number of rotatable bonds is 1. The first kappa shape index (κ1) is 13.9. The largest absolute Gasteiger partial charge is 0.435 e. The molecule has 7 heteroatoms. The van der Waals surface area contributed by atoms with Crippen LogP contribution in [0.3, 0.4) is 0 Å². The molecule has 2 heterocycles. The zero-order valence-corrected chi connectivity index (χ0v) is 11.0. The van der Waals surface area contributed by atoms with Gasteiger partial charge in [0.15, 0.2) is 17.6 Å². The molecule has 1 saturated heterocycles. The van der Waals surface area contributed by atoms with Crippen LogP contribution in [0.25, 0.3) is 15.7 Å². The van der Waals surface area contributed by atoms with Gasteiger partial charge in [0.25, 0.3) is 0 Å². The maximum atomic E-state index is 13.1. The molecule has 1 aromatic heterocycles. The molecule has 4 nitrogen and oxygen atoms in total. The lowest BCUT2D eigenvalue weighted by Crippen LogP contribution is -2.19. The van der Waals surface area contributed by atoms with E-state index in [2.05, 4.69) is 9.94 Å². The predicted molar refractivity (Wildman–Crippen MR) is 69.8 cm³/mol. The summed E-state index contributed by atoms with van der Waals surface area (Å²) in [6.07, 6.45) is -2.59. The molecule has 1 unspecified atom stereocenters. The molecular formula is C14H12F3N3O. The second kappa shape index (κ2) is 5.04. The summed E-state index contributed by atoms with van der Waals surface area (Å²) in [5, 5.41) is 3.67. The first-order valence-electron chi connectivity index (χ1n) is 6.59. The molecule has 1 fully saturated rings. The van der Waals surface area contributed by atoms with Gasteiger partial charge in [0.05, 0.1) is 12.1 Å². The number of alkyl halides is 3. The van der Waals surface area contributed by atoms with E-state index >= 15 is 0 Å². The van der Waals surface area contributed by atoms with E-state index in [1.165, 1.54) is 22.9 Å². The zero-order valence-electron chi connectivity index (χ0n) is 11.0. The molecule has 0 spiro atoms. The predicted octanol–water partition coefficient (Wildman–Crippen LogP) is 4.30. The highest BCUT2D eigenvalue weighted by atomic mass is 19.4. The van der Waals surface area contributed by atoms with E-state index < -0.39 is 18.1 Å². The molecule has 0 radical (unpaired) electrons. The van der Waals surface area contributed by atoms with E-state index in [4.69, 9.17) is 11.3 Å². The molecule has 1 aliphatic rings. The average molecular weight is 295 g/mol. The number of aromatic nitrogens is 2. The molecule has 0 saturated carbocycles. The molecule has 0 N–H and O–H groups in total. The SMILES string of the molecule is [C-]#[N+]c1ccc2c(c1)c(C(F)(F)F)nn2C1CCCCO1. The molecule has 2 aromatic rings. The summed E-state index contributed by atoms with van der Waals surface area (Å²) in [6, 6.07) is 4.23. The second-order valence-corrected chi connectivity index (χ2v) is 4.93. The summed E-state index contributed by atoms with van der Waals surface area (Å²) in [6.45, 7) is 7.46. The van der Waals surface area contributed by atoms with Crippen molar-refractivity contribution in [2.24, 2.45) is 0 Å². The zero-order chi connectivity index (χ0) is 15.0. The van der Waals surface area contributed by atoms with Crippen LogP contribution in [0, 0.1) is 6.57 Å². The Kier molecular flexibility index (Phi) is 3.33. The highest BCUT2D eigenvalue weighted by molar-refractivity contribution is 5.86. The van der Waals surface area contributed by atoms with Crippen LogP contribution in [0.1, 0.15) is 31.2 Å². The normalized spacial score (nSPS) is 19.6. The van der Waals surface area contributed by atoms with Gasteiger partial charge in [-0.3, -0.25) is 0 Å². The molecule has 110 valence electrons. The lowest BCUT2D eigenvalue weighted by Gasteiger charge is -2.23. The number of hydrogen-bond acceptors (Lipinski definition) is 2. The third kappa shape index (κ3) is 2.47. The van der Waals surface area contributed by atoms with Crippen LogP contribution in [-0.2, 0) is 10.9 Å². The molecule has 1 atom stereocenters. The minimum Gasteiger partial charge on any atom is -0.356 e. The second-order valence-electron chi connectivity index (χ2n) is 4.93. The Labute approximate surface area is 118 Å². The highest BCUT2D eigenvalue weighted by Gasteiger charge is 2.37. The minimum atomic E-state index is -4.56. The summed E-state index contributed by atoms with van der Waals surface area (Å²) < 4.78 is 46.2. The molecule has 0 aliphatic carbocycles. The van der Waals surface area contributed by atoms with Crippen molar-refractivity contribution in [3.8, 4) is 0 Å². The van der Waals surface area contributed by atoms with Gasteiger partial charge >= 0.3 is 6.18 Å². The maximum Gasteiger partial charge on any atom is 0.435 e. The number of halogens is 3. The van der Waals surface area contributed by atoms with Gasteiger partial charge < -0.3 is 4.74 Å². The van der Waals surface area contributed by atoms with E-state index in [-0.39, 0.29) is 11.1 Å². The molecular weight excluding hydrogens is 283 g/mol. The third-order valence-electron chi connectivity index (χ3n) is 3.52. The van der Waals surface area contributed by atoms with Gasteiger partial charge in [0, 0.05) is 12.0 Å². The summed E-state index contributed by atoms with van der Waals surface area (Å²) in [7, 11) is 0. The molecule has 1 aromatic carbocycles. The number of hydrogen-bond donors (Lipinski definition) is 0. The van der Waals surface area contributed by atoms with Crippen molar-refractivity contribution in [2.75, 3.05) is 6.61 Å². The van der Waals surface area contributed by atoms with E-state index in [0.717, 1.165) is 12.8 Å². The van der Waals surface area contributed by atoms with Crippen molar-refractivity contribution in [1.82, 2.24) is 9.78 Å². The van der Waals surface area contributed by atoms with Gasteiger partial charge in [-0.1, -0.05) is 6.07 Å². The topological polar surface area (TPSA) is 31.4 Å². The van der Waals surface area contributed by atoms with Crippen molar-refractivity contribution in [1.29, 1.82) is 0 Å². The smallest absolute Gasteiger partial charge is 0.356 e. The Bertz CT molecular complexity index is 709. The summed E-state index contributed by atoms with van der Waals surface area (Å²) in [5.74, 6) is 0. The maximum absolute atomic E-state index is 13.1. The Morgan fingerprint density at radius 1 is 1.33 bits per heavy atom. The average Bonchev–Trinajstić information content (AvgIpc) is 2.86. The fourth-order valence-electron chi connectivity index (χ4n) is 2.54. The van der Waals surface area contributed by atoms with Gasteiger partial charge in [-0.15, -0.1) is 0 Å². The van der Waals surface area contributed by atoms with Gasteiger partial charge in [0.1, 0.15) is 0 Å². The standard InChI is InChI=1S/C14H12F3N3O/c1-18-9-5-6-11-10(8-9)13(14(15,16)17)19-20(11)12-4-2-3-7-21-12/h5-6,8,12H,2-4,7H2. The number of nitrogens with zero attached hydrogens (tertiary/aromatic N) is 3. The number of ether oxygens (including phenoxy) is 1. The van der Waals surface area contributed by atoms with Crippen LogP contribution in [0.2, 0.25) is 0 Å². The monoisotopic (exact) mass is 295 g/mol.